The van der Waals surface area contributed by atoms with Gasteiger partial charge in [-0.2, -0.15) is 0 Å². The Labute approximate surface area is 153 Å². The predicted octanol–water partition coefficient (Wildman–Crippen LogP) is 3.01. The summed E-state index contributed by atoms with van der Waals surface area (Å²) in [6, 6.07) is 6.16. The van der Waals surface area contributed by atoms with Crippen LogP contribution < -0.4 is 0 Å². The third-order valence-electron chi connectivity index (χ3n) is 6.12. The second-order valence-corrected chi connectivity index (χ2v) is 7.80. The van der Waals surface area contributed by atoms with E-state index in [0.717, 1.165) is 48.8 Å². The van der Waals surface area contributed by atoms with Crippen LogP contribution in [0, 0.1) is 5.41 Å². The van der Waals surface area contributed by atoms with Crippen molar-refractivity contribution >= 4 is 22.8 Å². The van der Waals surface area contributed by atoms with E-state index in [1.54, 1.807) is 6.26 Å². The summed E-state index contributed by atoms with van der Waals surface area (Å²) in [6.45, 7) is 4.18. The Bertz CT molecular complexity index is 856. The zero-order chi connectivity index (χ0) is 18.3. The lowest BCUT2D eigenvalue weighted by Gasteiger charge is -2.37. The Balaban J connectivity index is 1.50. The van der Waals surface area contributed by atoms with Gasteiger partial charge in [-0.3, -0.25) is 9.59 Å². The molecule has 0 radical (unpaired) electrons. The van der Waals surface area contributed by atoms with Crippen LogP contribution in [-0.4, -0.2) is 48.3 Å². The average molecular weight is 354 g/mol. The Kier molecular flexibility index (Phi) is 4.25. The molecule has 5 nitrogen and oxygen atoms in total. The molecule has 2 aromatic rings. The first-order valence-corrected chi connectivity index (χ1v) is 9.55. The first kappa shape index (κ1) is 17.1. The van der Waals surface area contributed by atoms with Crippen LogP contribution in [0.25, 0.3) is 11.0 Å². The highest BCUT2D eigenvalue weighted by molar-refractivity contribution is 5.89. The molecule has 0 N–H and O–H groups in total. The highest BCUT2D eigenvalue weighted by Crippen LogP contribution is 2.40. The summed E-state index contributed by atoms with van der Waals surface area (Å²) in [5, 5.41) is 1.03. The highest BCUT2D eigenvalue weighted by Gasteiger charge is 2.48. The van der Waals surface area contributed by atoms with Gasteiger partial charge in [0.15, 0.2) is 0 Å². The van der Waals surface area contributed by atoms with Crippen molar-refractivity contribution in [1.82, 2.24) is 9.80 Å². The van der Waals surface area contributed by atoms with Crippen LogP contribution in [0.1, 0.15) is 37.3 Å². The van der Waals surface area contributed by atoms with Crippen molar-refractivity contribution in [3.8, 4) is 0 Å². The first-order valence-electron chi connectivity index (χ1n) is 9.55. The van der Waals surface area contributed by atoms with E-state index in [1.165, 1.54) is 5.56 Å². The third-order valence-corrected chi connectivity index (χ3v) is 6.12. The largest absolute Gasteiger partial charge is 0.464 e. The molecule has 0 saturated carbocycles. The fourth-order valence-corrected chi connectivity index (χ4v) is 4.49. The van der Waals surface area contributed by atoms with Crippen LogP contribution in [0.4, 0.5) is 0 Å². The van der Waals surface area contributed by atoms with Gasteiger partial charge in [-0.05, 0) is 43.4 Å². The molecule has 1 aromatic heterocycles. The molecule has 5 heteroatoms. The van der Waals surface area contributed by atoms with Crippen molar-refractivity contribution in [2.45, 2.75) is 39.0 Å². The quantitative estimate of drug-likeness (QED) is 0.851. The number of carbonyl (C=O) groups excluding carboxylic acids is 2. The standard InChI is InChI=1S/C21H26N2O3/c1-3-15-5-6-18-17(11-15)16(13-26-18)12-19(24)23-10-8-21(14-23)7-4-9-22(2)20(21)25/h5-6,11,13H,3-4,7-10,12,14H2,1-2H3/t21-/m1/s1. The molecule has 2 aliphatic rings. The maximum Gasteiger partial charge on any atom is 0.230 e. The Morgan fingerprint density at radius 2 is 2.12 bits per heavy atom. The van der Waals surface area contributed by atoms with Gasteiger partial charge in [0.1, 0.15) is 5.58 Å². The second kappa shape index (κ2) is 6.45. The summed E-state index contributed by atoms with van der Waals surface area (Å²) in [7, 11) is 1.87. The molecule has 0 bridgehead atoms. The smallest absolute Gasteiger partial charge is 0.230 e. The summed E-state index contributed by atoms with van der Waals surface area (Å²) in [5.41, 5.74) is 2.65. The molecule has 2 saturated heterocycles. The zero-order valence-electron chi connectivity index (χ0n) is 15.6. The number of benzene rings is 1. The number of hydrogen-bond donors (Lipinski definition) is 0. The topological polar surface area (TPSA) is 53.8 Å². The fraction of sp³-hybridized carbons (Fsp3) is 0.524. The van der Waals surface area contributed by atoms with E-state index in [9.17, 15) is 9.59 Å². The van der Waals surface area contributed by atoms with Gasteiger partial charge in [0.2, 0.25) is 11.8 Å². The average Bonchev–Trinajstić information content (AvgIpc) is 3.25. The normalized spacial score (nSPS) is 23.4. The van der Waals surface area contributed by atoms with Crippen molar-refractivity contribution in [3.63, 3.8) is 0 Å². The van der Waals surface area contributed by atoms with Gasteiger partial charge in [0, 0.05) is 37.6 Å². The van der Waals surface area contributed by atoms with Gasteiger partial charge >= 0.3 is 0 Å². The second-order valence-electron chi connectivity index (χ2n) is 7.80. The molecule has 3 heterocycles. The van der Waals surface area contributed by atoms with Crippen LogP contribution in [0.3, 0.4) is 0 Å². The summed E-state index contributed by atoms with van der Waals surface area (Å²) in [4.78, 5) is 29.2. The number of furan rings is 1. The Morgan fingerprint density at radius 1 is 1.27 bits per heavy atom. The van der Waals surface area contributed by atoms with Gasteiger partial charge in [-0.1, -0.05) is 13.0 Å². The molecular formula is C21H26N2O3. The number of hydrogen-bond acceptors (Lipinski definition) is 3. The van der Waals surface area contributed by atoms with E-state index >= 15 is 0 Å². The molecule has 2 aliphatic heterocycles. The van der Waals surface area contributed by atoms with E-state index in [2.05, 4.69) is 19.1 Å². The van der Waals surface area contributed by atoms with Gasteiger partial charge < -0.3 is 14.2 Å². The van der Waals surface area contributed by atoms with E-state index in [1.807, 2.05) is 22.9 Å². The summed E-state index contributed by atoms with van der Waals surface area (Å²) in [5.74, 6) is 0.299. The lowest BCUT2D eigenvalue weighted by atomic mass is 9.78. The predicted molar refractivity (Wildman–Crippen MR) is 99.8 cm³/mol. The molecule has 2 fully saturated rings. The third kappa shape index (κ3) is 2.79. The minimum Gasteiger partial charge on any atom is -0.464 e. The first-order chi connectivity index (χ1) is 12.5. The number of carbonyl (C=O) groups is 2. The Morgan fingerprint density at radius 3 is 2.92 bits per heavy atom. The van der Waals surface area contributed by atoms with Crippen LogP contribution in [0.5, 0.6) is 0 Å². The molecule has 1 spiro atoms. The molecular weight excluding hydrogens is 328 g/mol. The molecule has 138 valence electrons. The lowest BCUT2D eigenvalue weighted by molar-refractivity contribution is -0.144. The molecule has 0 unspecified atom stereocenters. The molecule has 0 aliphatic carbocycles. The number of aryl methyl sites for hydroxylation is 1. The number of likely N-dealkylation sites (tertiary alicyclic amines) is 2. The molecule has 1 atom stereocenters. The van der Waals surface area contributed by atoms with Gasteiger partial charge in [-0.25, -0.2) is 0 Å². The van der Waals surface area contributed by atoms with E-state index < -0.39 is 0 Å². The van der Waals surface area contributed by atoms with E-state index in [-0.39, 0.29) is 17.2 Å². The maximum atomic E-state index is 12.9. The minimum absolute atomic E-state index is 0.0903. The van der Waals surface area contributed by atoms with Crippen molar-refractivity contribution in [2.24, 2.45) is 5.41 Å². The van der Waals surface area contributed by atoms with Gasteiger partial charge in [-0.15, -0.1) is 0 Å². The number of fused-ring (bicyclic) bond motifs is 1. The summed E-state index contributed by atoms with van der Waals surface area (Å²) < 4.78 is 5.62. The molecule has 26 heavy (non-hydrogen) atoms. The van der Waals surface area contributed by atoms with Gasteiger partial charge in [0.25, 0.3) is 0 Å². The number of piperidine rings is 1. The number of rotatable bonds is 3. The van der Waals surface area contributed by atoms with Crippen LogP contribution >= 0.6 is 0 Å². The summed E-state index contributed by atoms with van der Waals surface area (Å²) >= 11 is 0. The van der Waals surface area contributed by atoms with Crippen molar-refractivity contribution in [3.05, 3.63) is 35.6 Å². The molecule has 4 rings (SSSR count). The van der Waals surface area contributed by atoms with Crippen molar-refractivity contribution in [2.75, 3.05) is 26.7 Å². The fourth-order valence-electron chi connectivity index (χ4n) is 4.49. The number of amides is 2. The zero-order valence-corrected chi connectivity index (χ0v) is 15.6. The SMILES string of the molecule is CCc1ccc2occ(CC(=O)N3CC[C@]4(CCCN(C)C4=O)C3)c2c1. The molecule has 2 amide bonds. The molecule has 1 aromatic carbocycles. The monoisotopic (exact) mass is 354 g/mol. The van der Waals surface area contributed by atoms with E-state index in [4.69, 9.17) is 4.42 Å². The Hall–Kier alpha value is -2.30. The number of nitrogens with zero attached hydrogens (tertiary/aromatic N) is 2. The van der Waals surface area contributed by atoms with Crippen LogP contribution in [0.2, 0.25) is 0 Å². The van der Waals surface area contributed by atoms with Crippen molar-refractivity contribution in [1.29, 1.82) is 0 Å². The minimum atomic E-state index is -0.351. The van der Waals surface area contributed by atoms with Crippen molar-refractivity contribution < 1.29 is 14.0 Å². The van der Waals surface area contributed by atoms with E-state index in [0.29, 0.717) is 19.5 Å². The van der Waals surface area contributed by atoms with Crippen LogP contribution in [-0.2, 0) is 22.4 Å². The van der Waals surface area contributed by atoms with Gasteiger partial charge in [0.05, 0.1) is 18.1 Å². The lowest BCUT2D eigenvalue weighted by Crippen LogP contribution is -2.48. The maximum absolute atomic E-state index is 12.9. The highest BCUT2D eigenvalue weighted by atomic mass is 16.3. The van der Waals surface area contributed by atoms with Crippen LogP contribution in [0.15, 0.2) is 28.9 Å². The summed E-state index contributed by atoms with van der Waals surface area (Å²) in [6.07, 6.45) is 5.70.